The Balaban J connectivity index is 1.58. The highest BCUT2D eigenvalue weighted by molar-refractivity contribution is 7.15. The average molecular weight is 442 g/mol. The minimum absolute atomic E-state index is 0.0659. The van der Waals surface area contributed by atoms with Crippen molar-refractivity contribution in [1.82, 2.24) is 14.9 Å². The molecule has 2 aromatic heterocycles. The van der Waals surface area contributed by atoms with Crippen molar-refractivity contribution in [2.24, 2.45) is 5.92 Å². The second-order valence-corrected chi connectivity index (χ2v) is 9.31. The van der Waals surface area contributed by atoms with E-state index >= 15 is 0 Å². The maximum absolute atomic E-state index is 13.6. The van der Waals surface area contributed by atoms with Gasteiger partial charge in [0.2, 0.25) is 0 Å². The predicted molar refractivity (Wildman–Crippen MR) is 118 cm³/mol. The zero-order valence-electron chi connectivity index (χ0n) is 17.6. The van der Waals surface area contributed by atoms with Crippen LogP contribution in [0.25, 0.3) is 10.4 Å². The lowest BCUT2D eigenvalue weighted by atomic mass is 9.87. The SMILES string of the molecule is Cc1nc(C(=O)N2CCC[C@@H](C)[C@H]2CCc2ccc(F)cn2)c(-c2ccc(F)cc2)s1. The predicted octanol–water partition coefficient (Wildman–Crippen LogP) is 5.67. The van der Waals surface area contributed by atoms with Crippen LogP contribution in [0.3, 0.4) is 0 Å². The number of carbonyl (C=O) groups is 1. The Morgan fingerprint density at radius 1 is 1.16 bits per heavy atom. The highest BCUT2D eigenvalue weighted by atomic mass is 32.1. The summed E-state index contributed by atoms with van der Waals surface area (Å²) in [6.07, 6.45) is 4.69. The molecule has 1 aromatic carbocycles. The number of carbonyl (C=O) groups excluding carboxylic acids is 1. The molecule has 1 fully saturated rings. The molecule has 3 heterocycles. The van der Waals surface area contributed by atoms with E-state index in [0.29, 0.717) is 24.6 Å². The first-order valence-electron chi connectivity index (χ1n) is 10.6. The normalized spacial score (nSPS) is 18.9. The molecular formula is C24H25F2N3OS. The lowest BCUT2D eigenvalue weighted by Crippen LogP contribution is -2.48. The van der Waals surface area contributed by atoms with E-state index in [9.17, 15) is 13.6 Å². The number of aryl methyl sites for hydroxylation is 2. The summed E-state index contributed by atoms with van der Waals surface area (Å²) >= 11 is 1.45. The molecule has 0 radical (unpaired) electrons. The molecule has 4 rings (SSSR count). The number of aromatic nitrogens is 2. The Kier molecular flexibility index (Phi) is 6.41. The average Bonchev–Trinajstić information content (AvgIpc) is 3.15. The first-order valence-corrected chi connectivity index (χ1v) is 11.4. The summed E-state index contributed by atoms with van der Waals surface area (Å²) in [4.78, 5) is 25.0. The molecule has 2 atom stereocenters. The van der Waals surface area contributed by atoms with Crippen LogP contribution in [0.5, 0.6) is 0 Å². The Labute approximate surface area is 185 Å². The minimum Gasteiger partial charge on any atom is -0.334 e. The summed E-state index contributed by atoms with van der Waals surface area (Å²) < 4.78 is 26.5. The van der Waals surface area contributed by atoms with Gasteiger partial charge in [-0.2, -0.15) is 0 Å². The zero-order valence-corrected chi connectivity index (χ0v) is 18.5. The molecule has 3 aromatic rings. The second kappa shape index (κ2) is 9.22. The van der Waals surface area contributed by atoms with Crippen molar-refractivity contribution in [1.29, 1.82) is 0 Å². The molecule has 0 bridgehead atoms. The fourth-order valence-electron chi connectivity index (χ4n) is 4.30. The van der Waals surface area contributed by atoms with E-state index in [-0.39, 0.29) is 23.6 Å². The third-order valence-corrected chi connectivity index (χ3v) is 6.92. The summed E-state index contributed by atoms with van der Waals surface area (Å²) in [5, 5.41) is 0.805. The van der Waals surface area contributed by atoms with Crippen LogP contribution in [-0.4, -0.2) is 33.4 Å². The van der Waals surface area contributed by atoms with Gasteiger partial charge in [0.1, 0.15) is 17.3 Å². The van der Waals surface area contributed by atoms with Crippen molar-refractivity contribution in [3.63, 3.8) is 0 Å². The molecule has 1 aliphatic heterocycles. The van der Waals surface area contributed by atoms with Gasteiger partial charge in [0.05, 0.1) is 16.1 Å². The number of hydrogen-bond acceptors (Lipinski definition) is 4. The van der Waals surface area contributed by atoms with E-state index in [4.69, 9.17) is 0 Å². The first-order chi connectivity index (χ1) is 14.9. The number of thiazole rings is 1. The lowest BCUT2D eigenvalue weighted by Gasteiger charge is -2.40. The number of likely N-dealkylation sites (tertiary alicyclic amines) is 1. The van der Waals surface area contributed by atoms with Crippen molar-refractivity contribution in [2.45, 2.75) is 45.6 Å². The largest absolute Gasteiger partial charge is 0.334 e. The van der Waals surface area contributed by atoms with Gasteiger partial charge in [0.25, 0.3) is 5.91 Å². The first kappa shape index (κ1) is 21.6. The molecule has 0 saturated carbocycles. The van der Waals surface area contributed by atoms with E-state index in [1.54, 1.807) is 18.2 Å². The van der Waals surface area contributed by atoms with Gasteiger partial charge >= 0.3 is 0 Å². The van der Waals surface area contributed by atoms with Gasteiger partial charge < -0.3 is 4.90 Å². The van der Waals surface area contributed by atoms with Crippen LogP contribution in [0.1, 0.15) is 47.4 Å². The molecule has 1 amide bonds. The second-order valence-electron chi connectivity index (χ2n) is 8.11. The Bertz CT molecular complexity index is 1050. The third kappa shape index (κ3) is 4.82. The molecule has 162 valence electrons. The van der Waals surface area contributed by atoms with E-state index in [1.807, 2.05) is 11.8 Å². The maximum Gasteiger partial charge on any atom is 0.274 e. The van der Waals surface area contributed by atoms with Crippen LogP contribution >= 0.6 is 11.3 Å². The number of nitrogens with zero attached hydrogens (tertiary/aromatic N) is 3. The summed E-state index contributed by atoms with van der Waals surface area (Å²) in [6.45, 7) is 4.74. The van der Waals surface area contributed by atoms with Crippen molar-refractivity contribution in [2.75, 3.05) is 6.54 Å². The van der Waals surface area contributed by atoms with Gasteiger partial charge in [0.15, 0.2) is 0 Å². The molecule has 0 unspecified atom stereocenters. The third-order valence-electron chi connectivity index (χ3n) is 5.90. The molecule has 31 heavy (non-hydrogen) atoms. The van der Waals surface area contributed by atoms with Crippen molar-refractivity contribution in [3.8, 4) is 10.4 Å². The van der Waals surface area contributed by atoms with Gasteiger partial charge in [-0.15, -0.1) is 11.3 Å². The summed E-state index contributed by atoms with van der Waals surface area (Å²) in [6, 6.07) is 9.37. The molecule has 7 heteroatoms. The molecule has 0 aliphatic carbocycles. The van der Waals surface area contributed by atoms with Gasteiger partial charge in [0, 0.05) is 18.3 Å². The van der Waals surface area contributed by atoms with E-state index in [2.05, 4.69) is 16.9 Å². The van der Waals surface area contributed by atoms with Crippen LogP contribution in [0, 0.1) is 24.5 Å². The van der Waals surface area contributed by atoms with Crippen LogP contribution in [0.2, 0.25) is 0 Å². The molecule has 0 N–H and O–H groups in total. The maximum atomic E-state index is 13.6. The highest BCUT2D eigenvalue weighted by Gasteiger charge is 2.34. The highest BCUT2D eigenvalue weighted by Crippen LogP contribution is 2.34. The number of piperidine rings is 1. The number of amides is 1. The molecule has 0 spiro atoms. The molecular weight excluding hydrogens is 416 g/mol. The quantitative estimate of drug-likeness (QED) is 0.513. The van der Waals surface area contributed by atoms with E-state index in [1.165, 1.54) is 35.7 Å². The smallest absolute Gasteiger partial charge is 0.274 e. The van der Waals surface area contributed by atoms with Gasteiger partial charge in [-0.1, -0.05) is 19.1 Å². The summed E-state index contributed by atoms with van der Waals surface area (Å²) in [5.41, 5.74) is 2.06. The van der Waals surface area contributed by atoms with Crippen molar-refractivity contribution < 1.29 is 13.6 Å². The van der Waals surface area contributed by atoms with E-state index in [0.717, 1.165) is 40.4 Å². The Morgan fingerprint density at radius 2 is 1.90 bits per heavy atom. The number of halogens is 2. The van der Waals surface area contributed by atoms with Crippen LogP contribution in [0.15, 0.2) is 42.6 Å². The summed E-state index contributed by atoms with van der Waals surface area (Å²) in [7, 11) is 0. The van der Waals surface area contributed by atoms with Crippen molar-refractivity contribution >= 4 is 17.2 Å². The van der Waals surface area contributed by atoms with Gasteiger partial charge in [-0.25, -0.2) is 13.8 Å². The number of hydrogen-bond donors (Lipinski definition) is 0. The standard InChI is InChI=1S/C24H25F2N3OS/c1-15-4-3-13-29(21(15)12-11-20-10-9-19(26)14-27-20)24(30)22-23(31-16(2)28-22)17-5-7-18(25)8-6-17/h5-10,14-15,21H,3-4,11-13H2,1-2H3/t15-,21-/m1/s1. The monoisotopic (exact) mass is 441 g/mol. The molecule has 4 nitrogen and oxygen atoms in total. The zero-order chi connectivity index (χ0) is 22.0. The fraction of sp³-hybridized carbons (Fsp3) is 0.375. The molecule has 1 saturated heterocycles. The molecule has 1 aliphatic rings. The fourth-order valence-corrected chi connectivity index (χ4v) is 5.21. The Morgan fingerprint density at radius 3 is 2.61 bits per heavy atom. The Hall–Kier alpha value is -2.67. The van der Waals surface area contributed by atoms with Crippen LogP contribution in [0.4, 0.5) is 8.78 Å². The van der Waals surface area contributed by atoms with Crippen LogP contribution in [-0.2, 0) is 6.42 Å². The minimum atomic E-state index is -0.348. The number of pyridine rings is 1. The van der Waals surface area contributed by atoms with Crippen LogP contribution < -0.4 is 0 Å². The number of rotatable bonds is 5. The number of benzene rings is 1. The van der Waals surface area contributed by atoms with Crippen molar-refractivity contribution in [3.05, 3.63) is 70.6 Å². The topological polar surface area (TPSA) is 46.1 Å². The summed E-state index contributed by atoms with van der Waals surface area (Å²) in [5.74, 6) is -0.379. The van der Waals surface area contributed by atoms with E-state index < -0.39 is 0 Å². The van der Waals surface area contributed by atoms with Gasteiger partial charge in [-0.05, 0) is 68.4 Å². The van der Waals surface area contributed by atoms with Gasteiger partial charge in [-0.3, -0.25) is 9.78 Å². The lowest BCUT2D eigenvalue weighted by molar-refractivity contribution is 0.0494.